The SMILES string of the molecule is [2H]C([2H])([2H])c1c[n+](C)c(-c2ccccc2C)cc1-c1ccc(-c2ccc3c(c2)B(c2c(C)cccc2C([2H])([2H])[2H])c2ccccc2B3c2c(C)cccc2C([2H])([2H])[2H])cc1. The summed E-state index contributed by atoms with van der Waals surface area (Å²) in [5.74, 6) is 0. The van der Waals surface area contributed by atoms with E-state index in [2.05, 4.69) is 12.1 Å². The van der Waals surface area contributed by atoms with E-state index in [1.54, 1.807) is 30.5 Å². The fourth-order valence-electron chi connectivity index (χ4n) is 8.25. The Bertz CT molecular complexity index is 2790. The lowest BCUT2D eigenvalue weighted by molar-refractivity contribution is -0.660. The van der Waals surface area contributed by atoms with Gasteiger partial charge in [-0.3, -0.25) is 0 Å². The first-order valence-corrected chi connectivity index (χ1v) is 17.5. The molecule has 0 aliphatic carbocycles. The average molecular weight is 666 g/mol. The van der Waals surface area contributed by atoms with Gasteiger partial charge in [-0.15, -0.1) is 0 Å². The number of benzene rings is 6. The van der Waals surface area contributed by atoms with Crippen molar-refractivity contribution in [2.45, 2.75) is 41.3 Å². The maximum absolute atomic E-state index is 8.64. The zero-order valence-electron chi connectivity index (χ0n) is 38.4. The molecule has 0 fully saturated rings. The molecule has 6 aromatic carbocycles. The summed E-state index contributed by atoms with van der Waals surface area (Å²) in [6.07, 6.45) is 1.71. The minimum absolute atomic E-state index is 0.257. The van der Waals surface area contributed by atoms with Crippen molar-refractivity contribution < 1.29 is 16.9 Å². The molecule has 1 aliphatic heterocycles. The molecule has 246 valence electrons. The number of pyridine rings is 1. The van der Waals surface area contributed by atoms with Gasteiger partial charge in [-0.25, -0.2) is 4.57 Å². The minimum Gasteiger partial charge on any atom is -0.201 e. The highest BCUT2D eigenvalue weighted by Gasteiger charge is 2.40. The van der Waals surface area contributed by atoms with Gasteiger partial charge < -0.3 is 0 Å². The van der Waals surface area contributed by atoms with Crippen molar-refractivity contribution in [2.75, 3.05) is 0 Å². The van der Waals surface area contributed by atoms with Crippen LogP contribution in [-0.4, -0.2) is 13.4 Å². The summed E-state index contributed by atoms with van der Waals surface area (Å²) in [4.78, 5) is 0. The number of fused-ring (bicyclic) bond motifs is 2. The zero-order valence-corrected chi connectivity index (χ0v) is 29.4. The van der Waals surface area contributed by atoms with E-state index in [1.165, 1.54) is 0 Å². The van der Waals surface area contributed by atoms with E-state index in [-0.39, 0.29) is 11.1 Å². The van der Waals surface area contributed by atoms with Gasteiger partial charge in [0.15, 0.2) is 6.20 Å². The van der Waals surface area contributed by atoms with Gasteiger partial charge in [0.2, 0.25) is 19.1 Å². The monoisotopic (exact) mass is 665 g/mol. The summed E-state index contributed by atoms with van der Waals surface area (Å²) < 4.78 is 78.9. The number of aryl methyl sites for hydroxylation is 7. The van der Waals surface area contributed by atoms with Crippen molar-refractivity contribution >= 4 is 46.2 Å². The first kappa shape index (κ1) is 23.9. The number of aromatic nitrogens is 1. The van der Waals surface area contributed by atoms with Crippen LogP contribution < -0.4 is 37.3 Å². The molecule has 0 N–H and O–H groups in total. The molecule has 0 unspecified atom stereocenters. The molecule has 7 aromatic rings. The van der Waals surface area contributed by atoms with Crippen molar-refractivity contribution in [1.82, 2.24) is 0 Å². The maximum Gasteiger partial charge on any atom is 0.240 e. The third-order valence-corrected chi connectivity index (χ3v) is 10.8. The van der Waals surface area contributed by atoms with Crippen LogP contribution in [0.3, 0.4) is 0 Å². The third kappa shape index (κ3) is 5.66. The van der Waals surface area contributed by atoms with Crippen LogP contribution in [0.2, 0.25) is 0 Å². The van der Waals surface area contributed by atoms with Crippen LogP contribution in [-0.2, 0) is 7.05 Å². The fourth-order valence-corrected chi connectivity index (χ4v) is 8.25. The summed E-state index contributed by atoms with van der Waals surface area (Å²) in [5, 5.41) is 0. The standard InChI is InChI=1S/C48H44B2N/c1-31-14-8-9-19-40(31)46-29-41(36(6)30-51(46)7)38-24-22-37(23-25-38)39-26-27-44-45(28-39)50(48-34(4)17-13-18-35(48)5)43-21-11-10-20-42(43)49(44)47-32(2)15-12-16-33(47)3/h8-30H,1-7H3/q+1/i2D3,4D3,6D3. The molecule has 1 nitrogen and oxygen atoms in total. The molecule has 3 heteroatoms. The van der Waals surface area contributed by atoms with Crippen LogP contribution in [0.4, 0.5) is 0 Å². The average Bonchev–Trinajstić information content (AvgIpc) is 3.19. The quantitative estimate of drug-likeness (QED) is 0.142. The maximum atomic E-state index is 8.64. The number of hydrogen-bond acceptors (Lipinski definition) is 0. The lowest BCUT2D eigenvalue weighted by atomic mass is 9.20. The van der Waals surface area contributed by atoms with Gasteiger partial charge in [0.1, 0.15) is 7.05 Å². The molecule has 0 amide bonds. The first-order valence-electron chi connectivity index (χ1n) is 22.0. The molecule has 0 saturated carbocycles. The summed E-state index contributed by atoms with van der Waals surface area (Å²) >= 11 is 0. The predicted molar refractivity (Wildman–Crippen MR) is 221 cm³/mol. The molecule has 0 bridgehead atoms. The first-order chi connectivity index (χ1) is 28.3. The Morgan fingerprint density at radius 1 is 0.431 bits per heavy atom. The molecule has 0 radical (unpaired) electrons. The minimum atomic E-state index is -2.38. The second-order valence-corrected chi connectivity index (χ2v) is 13.9. The highest BCUT2D eigenvalue weighted by molar-refractivity contribution is 7.11. The highest BCUT2D eigenvalue weighted by atomic mass is 14.9. The van der Waals surface area contributed by atoms with Crippen molar-refractivity contribution in [1.29, 1.82) is 0 Å². The molecule has 0 saturated heterocycles. The molecule has 1 aliphatic rings. The largest absolute Gasteiger partial charge is 0.240 e. The normalized spacial score (nSPS) is 15.5. The fraction of sp³-hybridized carbons (Fsp3) is 0.146. The topological polar surface area (TPSA) is 3.88 Å². The van der Waals surface area contributed by atoms with Crippen LogP contribution >= 0.6 is 0 Å². The molecule has 1 aromatic heterocycles. The van der Waals surface area contributed by atoms with E-state index in [4.69, 9.17) is 12.3 Å². The Morgan fingerprint density at radius 2 is 0.941 bits per heavy atom. The molecule has 0 spiro atoms. The van der Waals surface area contributed by atoms with Gasteiger partial charge in [0.25, 0.3) is 0 Å². The van der Waals surface area contributed by atoms with E-state index in [0.717, 1.165) is 77.4 Å². The summed E-state index contributed by atoms with van der Waals surface area (Å²) in [6, 6.07) is 43.1. The Kier molecular flexibility index (Phi) is 6.12. The third-order valence-electron chi connectivity index (χ3n) is 10.8. The molecule has 0 atom stereocenters. The van der Waals surface area contributed by atoms with Gasteiger partial charge in [-0.05, 0) is 75.2 Å². The van der Waals surface area contributed by atoms with Crippen LogP contribution in [0.25, 0.3) is 33.5 Å². The second-order valence-electron chi connectivity index (χ2n) is 13.9. The summed E-state index contributed by atoms with van der Waals surface area (Å²) in [6.45, 7) is -2.04. The van der Waals surface area contributed by atoms with Crippen LogP contribution in [0.1, 0.15) is 45.7 Å². The van der Waals surface area contributed by atoms with Crippen LogP contribution in [0.5, 0.6) is 0 Å². The van der Waals surface area contributed by atoms with E-state index in [0.29, 0.717) is 11.1 Å². The predicted octanol–water partition coefficient (Wildman–Crippen LogP) is 6.71. The molecule has 2 heterocycles. The highest BCUT2D eigenvalue weighted by Crippen LogP contribution is 2.30. The van der Waals surface area contributed by atoms with E-state index in [9.17, 15) is 0 Å². The lowest BCUT2D eigenvalue weighted by Gasteiger charge is -2.34. The van der Waals surface area contributed by atoms with Gasteiger partial charge in [-0.1, -0.05) is 176 Å². The van der Waals surface area contributed by atoms with Crippen LogP contribution in [0.15, 0.2) is 140 Å². The van der Waals surface area contributed by atoms with Gasteiger partial charge in [0.05, 0.1) is 0 Å². The Morgan fingerprint density at radius 3 is 1.57 bits per heavy atom. The summed E-state index contributed by atoms with van der Waals surface area (Å²) in [5.41, 5.74) is 13.9. The zero-order chi connectivity index (χ0) is 42.9. The van der Waals surface area contributed by atoms with Crippen LogP contribution in [0, 0.1) is 41.3 Å². The number of rotatable bonds is 5. The smallest absolute Gasteiger partial charge is 0.201 e. The molecular weight excluding hydrogens is 612 g/mol. The molecular formula is C48H44B2N+. The Balaban J connectivity index is 1.34. The van der Waals surface area contributed by atoms with Crippen molar-refractivity contribution in [3.63, 3.8) is 0 Å². The van der Waals surface area contributed by atoms with Crippen molar-refractivity contribution in [3.8, 4) is 33.5 Å². The molecule has 51 heavy (non-hydrogen) atoms. The van der Waals surface area contributed by atoms with E-state index in [1.807, 2.05) is 129 Å². The Hall–Kier alpha value is -5.40. The van der Waals surface area contributed by atoms with Gasteiger partial charge in [-0.2, -0.15) is 0 Å². The number of nitrogens with zero attached hydrogens (tertiary/aromatic N) is 1. The Labute approximate surface area is 317 Å². The van der Waals surface area contributed by atoms with E-state index >= 15 is 0 Å². The summed E-state index contributed by atoms with van der Waals surface area (Å²) in [7, 11) is 1.87. The van der Waals surface area contributed by atoms with Crippen molar-refractivity contribution in [3.05, 3.63) is 173 Å². The second kappa shape index (κ2) is 13.1. The van der Waals surface area contributed by atoms with Crippen molar-refractivity contribution in [2.24, 2.45) is 7.05 Å². The molecule has 8 rings (SSSR count). The van der Waals surface area contributed by atoms with Gasteiger partial charge >= 0.3 is 0 Å². The van der Waals surface area contributed by atoms with Gasteiger partial charge in [0, 0.05) is 29.5 Å². The van der Waals surface area contributed by atoms with E-state index < -0.39 is 34.0 Å². The number of hydrogen-bond donors (Lipinski definition) is 0. The lowest BCUT2D eigenvalue weighted by Crippen LogP contribution is -2.75.